The Bertz CT molecular complexity index is 116. The van der Waals surface area contributed by atoms with Gasteiger partial charge in [0.15, 0.2) is 0 Å². The molecule has 52 valence electrons. The van der Waals surface area contributed by atoms with Gasteiger partial charge in [-0.15, -0.1) is 0 Å². The van der Waals surface area contributed by atoms with Crippen molar-refractivity contribution < 1.29 is 4.79 Å². The number of hydrogen-bond donors (Lipinski definition) is 1. The van der Waals surface area contributed by atoms with Crippen molar-refractivity contribution in [1.29, 1.82) is 5.41 Å². The van der Waals surface area contributed by atoms with E-state index in [1.54, 1.807) is 14.0 Å². The van der Waals surface area contributed by atoms with E-state index in [0.29, 0.717) is 10.9 Å². The van der Waals surface area contributed by atoms with Crippen LogP contribution in [0.4, 0.5) is 0 Å². The monoisotopic (exact) mass is 146 g/mol. The summed E-state index contributed by atoms with van der Waals surface area (Å²) in [6.07, 6.45) is 0.746. The Labute approximate surface area is 58.9 Å². The van der Waals surface area contributed by atoms with E-state index in [1.165, 1.54) is 16.7 Å². The van der Waals surface area contributed by atoms with Crippen molar-refractivity contribution in [2.24, 2.45) is 0 Å². The Hall–Kier alpha value is -0.510. The topological polar surface area (TPSA) is 44.2 Å². The molecule has 0 fully saturated rings. The van der Waals surface area contributed by atoms with Gasteiger partial charge in [-0.25, -0.2) is 0 Å². The van der Waals surface area contributed by atoms with Gasteiger partial charge in [-0.3, -0.25) is 10.2 Å². The SMILES string of the molecule is CC(=N)SCN(C)C=O. The number of hydrogen-bond acceptors (Lipinski definition) is 3. The molecule has 0 saturated carbocycles. The van der Waals surface area contributed by atoms with E-state index in [2.05, 4.69) is 0 Å². The van der Waals surface area contributed by atoms with Gasteiger partial charge in [0, 0.05) is 7.05 Å². The third-order valence-electron chi connectivity index (χ3n) is 0.665. The molecule has 0 atom stereocenters. The highest BCUT2D eigenvalue weighted by Gasteiger charge is 1.92. The summed E-state index contributed by atoms with van der Waals surface area (Å²) in [5, 5.41) is 7.51. The quantitative estimate of drug-likeness (QED) is 0.276. The molecule has 0 spiro atoms. The van der Waals surface area contributed by atoms with Gasteiger partial charge in [0.05, 0.1) is 10.9 Å². The van der Waals surface area contributed by atoms with Gasteiger partial charge in [0.25, 0.3) is 0 Å². The zero-order chi connectivity index (χ0) is 7.28. The first-order valence-electron chi connectivity index (χ1n) is 2.50. The van der Waals surface area contributed by atoms with Gasteiger partial charge >= 0.3 is 0 Å². The van der Waals surface area contributed by atoms with Crippen LogP contribution in [0.25, 0.3) is 0 Å². The van der Waals surface area contributed by atoms with Crippen LogP contribution in [0, 0.1) is 5.41 Å². The van der Waals surface area contributed by atoms with Crippen LogP contribution in [-0.4, -0.2) is 29.3 Å². The lowest BCUT2D eigenvalue weighted by Gasteiger charge is -2.07. The third-order valence-corrected chi connectivity index (χ3v) is 1.63. The summed E-state index contributed by atoms with van der Waals surface area (Å²) in [5.41, 5.74) is 0. The maximum absolute atomic E-state index is 9.96. The number of nitrogens with one attached hydrogen (secondary N) is 1. The number of carbonyl (C=O) groups excluding carboxylic acids is 1. The van der Waals surface area contributed by atoms with Crippen LogP contribution in [-0.2, 0) is 4.79 Å². The Kier molecular flexibility index (Phi) is 4.13. The molecule has 0 saturated heterocycles. The molecule has 3 nitrogen and oxygen atoms in total. The molecule has 0 radical (unpaired) electrons. The standard InChI is InChI=1S/C5H10N2OS/c1-5(6)9-4-7(2)3-8/h3,6H,4H2,1-2H3. The lowest BCUT2D eigenvalue weighted by molar-refractivity contribution is -0.116. The number of carbonyl (C=O) groups is 1. The fourth-order valence-electron chi connectivity index (χ4n) is 0.229. The maximum atomic E-state index is 9.96. The molecule has 0 aromatic carbocycles. The summed E-state index contributed by atoms with van der Waals surface area (Å²) in [6, 6.07) is 0. The van der Waals surface area contributed by atoms with Gasteiger partial charge in [0.1, 0.15) is 0 Å². The minimum Gasteiger partial charge on any atom is -0.339 e. The van der Waals surface area contributed by atoms with Crippen molar-refractivity contribution in [2.45, 2.75) is 6.92 Å². The average molecular weight is 146 g/mol. The third kappa shape index (κ3) is 5.36. The van der Waals surface area contributed by atoms with Crippen molar-refractivity contribution in [2.75, 3.05) is 12.9 Å². The lowest BCUT2D eigenvalue weighted by Crippen LogP contribution is -2.15. The first-order valence-corrected chi connectivity index (χ1v) is 3.49. The van der Waals surface area contributed by atoms with Crippen LogP contribution in [0.3, 0.4) is 0 Å². The Morgan fingerprint density at radius 3 is 2.78 bits per heavy atom. The summed E-state index contributed by atoms with van der Waals surface area (Å²) in [5.74, 6) is 0.568. The van der Waals surface area contributed by atoms with Crippen molar-refractivity contribution >= 4 is 23.2 Å². The first-order chi connectivity index (χ1) is 4.16. The summed E-state index contributed by atoms with van der Waals surface area (Å²) >= 11 is 1.34. The minimum atomic E-state index is 0.531. The summed E-state index contributed by atoms with van der Waals surface area (Å²) < 4.78 is 0. The van der Waals surface area contributed by atoms with Crippen molar-refractivity contribution in [3.63, 3.8) is 0 Å². The number of amides is 1. The summed E-state index contributed by atoms with van der Waals surface area (Å²) in [4.78, 5) is 11.4. The maximum Gasteiger partial charge on any atom is 0.210 e. The minimum absolute atomic E-state index is 0.531. The number of thioether (sulfide) groups is 1. The molecule has 0 unspecified atom stereocenters. The predicted octanol–water partition coefficient (Wildman–Crippen LogP) is 0.762. The Morgan fingerprint density at radius 1 is 1.89 bits per heavy atom. The van der Waals surface area contributed by atoms with Gasteiger partial charge < -0.3 is 4.90 Å². The fraction of sp³-hybridized carbons (Fsp3) is 0.600. The van der Waals surface area contributed by atoms with Gasteiger partial charge in [-0.2, -0.15) is 0 Å². The second-order valence-electron chi connectivity index (χ2n) is 1.69. The highest BCUT2D eigenvalue weighted by atomic mass is 32.2. The molecule has 0 heterocycles. The van der Waals surface area contributed by atoms with Gasteiger partial charge in [-0.1, -0.05) is 11.8 Å². The zero-order valence-electron chi connectivity index (χ0n) is 5.55. The highest BCUT2D eigenvalue weighted by Crippen LogP contribution is 2.00. The summed E-state index contributed by atoms with van der Waals surface area (Å²) in [6.45, 7) is 1.70. The van der Waals surface area contributed by atoms with E-state index in [0.717, 1.165) is 6.41 Å². The molecular weight excluding hydrogens is 136 g/mol. The van der Waals surface area contributed by atoms with Gasteiger partial charge in [-0.05, 0) is 6.92 Å². The molecule has 0 aliphatic heterocycles. The molecule has 0 bridgehead atoms. The summed E-state index contributed by atoms with van der Waals surface area (Å²) in [7, 11) is 1.68. The van der Waals surface area contributed by atoms with Crippen LogP contribution in [0.2, 0.25) is 0 Å². The lowest BCUT2D eigenvalue weighted by atomic mass is 10.9. The van der Waals surface area contributed by atoms with Crippen LogP contribution < -0.4 is 0 Å². The van der Waals surface area contributed by atoms with E-state index in [-0.39, 0.29) is 0 Å². The normalized spacial score (nSPS) is 8.67. The molecule has 1 amide bonds. The second kappa shape index (κ2) is 4.38. The van der Waals surface area contributed by atoms with Crippen molar-refractivity contribution in [3.8, 4) is 0 Å². The molecular formula is C5H10N2OS. The van der Waals surface area contributed by atoms with E-state index in [1.807, 2.05) is 0 Å². The Balaban J connectivity index is 3.26. The predicted molar refractivity (Wildman–Crippen MR) is 39.7 cm³/mol. The van der Waals surface area contributed by atoms with Crippen LogP contribution in [0.1, 0.15) is 6.92 Å². The van der Waals surface area contributed by atoms with Crippen molar-refractivity contribution in [3.05, 3.63) is 0 Å². The van der Waals surface area contributed by atoms with E-state index >= 15 is 0 Å². The first kappa shape index (κ1) is 8.49. The highest BCUT2D eigenvalue weighted by molar-refractivity contribution is 8.13. The second-order valence-corrected chi connectivity index (χ2v) is 2.85. The molecule has 1 N–H and O–H groups in total. The molecule has 0 aliphatic carbocycles. The number of rotatable bonds is 3. The van der Waals surface area contributed by atoms with Crippen LogP contribution in [0.5, 0.6) is 0 Å². The van der Waals surface area contributed by atoms with Crippen LogP contribution >= 0.6 is 11.8 Å². The van der Waals surface area contributed by atoms with E-state index < -0.39 is 0 Å². The largest absolute Gasteiger partial charge is 0.339 e. The number of nitrogens with zero attached hydrogens (tertiary/aromatic N) is 1. The zero-order valence-corrected chi connectivity index (χ0v) is 6.36. The van der Waals surface area contributed by atoms with Crippen molar-refractivity contribution in [1.82, 2.24) is 4.90 Å². The molecule has 0 aromatic heterocycles. The molecule has 0 aromatic rings. The molecule has 0 aliphatic rings. The smallest absolute Gasteiger partial charge is 0.210 e. The van der Waals surface area contributed by atoms with E-state index in [9.17, 15) is 4.79 Å². The van der Waals surface area contributed by atoms with Gasteiger partial charge in [0.2, 0.25) is 6.41 Å². The molecule has 0 rings (SSSR count). The Morgan fingerprint density at radius 2 is 2.44 bits per heavy atom. The van der Waals surface area contributed by atoms with Crippen LogP contribution in [0.15, 0.2) is 0 Å². The van der Waals surface area contributed by atoms with E-state index in [4.69, 9.17) is 5.41 Å². The average Bonchev–Trinajstić information content (AvgIpc) is 1.83. The molecule has 9 heavy (non-hydrogen) atoms. The molecule has 4 heteroatoms. The fourth-order valence-corrected chi connectivity index (χ4v) is 0.687.